The van der Waals surface area contributed by atoms with E-state index in [1.54, 1.807) is 46.0 Å². The number of nitrogens with zero attached hydrogens (tertiary/aromatic N) is 2. The minimum Gasteiger partial charge on any atom is -0.432 e. The first kappa shape index (κ1) is 23.4. The van der Waals surface area contributed by atoms with E-state index < -0.39 is 12.3 Å². The number of carbonyl (C=O) groups excluding carboxylic acids is 2. The SMILES string of the molecule is CSc1ncccc1-c1c(OC(=O)OCCO)c(C)nc(C)c1OC(=O)OC(C)C. The molecule has 2 rings (SSSR count). The van der Waals surface area contributed by atoms with Crippen molar-refractivity contribution in [3.05, 3.63) is 29.7 Å². The minimum absolute atomic E-state index is 0.0548. The van der Waals surface area contributed by atoms with Crippen molar-refractivity contribution >= 4 is 24.1 Å². The number of hydrogen-bond acceptors (Lipinski definition) is 10. The highest BCUT2D eigenvalue weighted by Crippen LogP contribution is 2.44. The fraction of sp³-hybridized carbons (Fsp3) is 0.400. The number of thioether (sulfide) groups is 1. The monoisotopic (exact) mass is 436 g/mol. The van der Waals surface area contributed by atoms with E-state index in [-0.39, 0.29) is 30.8 Å². The zero-order chi connectivity index (χ0) is 22.3. The van der Waals surface area contributed by atoms with Gasteiger partial charge in [-0.2, -0.15) is 0 Å². The summed E-state index contributed by atoms with van der Waals surface area (Å²) in [6.07, 6.45) is 1.15. The zero-order valence-corrected chi connectivity index (χ0v) is 18.2. The van der Waals surface area contributed by atoms with Crippen LogP contribution in [0.5, 0.6) is 11.5 Å². The number of aromatic nitrogens is 2. The number of hydrogen-bond donors (Lipinski definition) is 1. The van der Waals surface area contributed by atoms with Gasteiger partial charge in [0.25, 0.3) is 0 Å². The van der Waals surface area contributed by atoms with Gasteiger partial charge in [-0.25, -0.2) is 14.6 Å². The van der Waals surface area contributed by atoms with Crippen LogP contribution < -0.4 is 9.47 Å². The van der Waals surface area contributed by atoms with Gasteiger partial charge in [0, 0.05) is 11.8 Å². The normalized spacial score (nSPS) is 10.6. The fourth-order valence-electron chi connectivity index (χ4n) is 2.60. The first-order valence-electron chi connectivity index (χ1n) is 9.13. The van der Waals surface area contributed by atoms with Crippen molar-refractivity contribution in [2.45, 2.75) is 38.8 Å². The molecule has 1 N–H and O–H groups in total. The molecular formula is C20H24N2O7S. The van der Waals surface area contributed by atoms with Crippen molar-refractivity contribution in [2.75, 3.05) is 19.5 Å². The second kappa shape index (κ2) is 10.8. The molecule has 0 aliphatic rings. The van der Waals surface area contributed by atoms with Gasteiger partial charge in [0.05, 0.1) is 29.7 Å². The summed E-state index contributed by atoms with van der Waals surface area (Å²) in [4.78, 5) is 33.0. The smallest absolute Gasteiger partial charge is 0.432 e. The van der Waals surface area contributed by atoms with Crippen LogP contribution in [0.1, 0.15) is 25.2 Å². The lowest BCUT2D eigenvalue weighted by Crippen LogP contribution is -2.18. The summed E-state index contributed by atoms with van der Waals surface area (Å²) in [6.45, 7) is 6.14. The van der Waals surface area contributed by atoms with E-state index in [9.17, 15) is 9.59 Å². The Morgan fingerprint density at radius 2 is 1.77 bits per heavy atom. The third-order valence-electron chi connectivity index (χ3n) is 3.69. The molecule has 0 amide bonds. The van der Waals surface area contributed by atoms with E-state index in [0.29, 0.717) is 27.5 Å². The summed E-state index contributed by atoms with van der Waals surface area (Å²) >= 11 is 1.37. The van der Waals surface area contributed by atoms with Gasteiger partial charge >= 0.3 is 12.3 Å². The molecule has 0 aliphatic heterocycles. The van der Waals surface area contributed by atoms with Crippen molar-refractivity contribution in [2.24, 2.45) is 0 Å². The average molecular weight is 436 g/mol. The van der Waals surface area contributed by atoms with Crippen molar-refractivity contribution in [3.63, 3.8) is 0 Å². The lowest BCUT2D eigenvalue weighted by Gasteiger charge is -2.19. The molecular weight excluding hydrogens is 412 g/mol. The number of carbonyl (C=O) groups is 2. The third-order valence-corrected chi connectivity index (χ3v) is 4.41. The number of aryl methyl sites for hydroxylation is 2. The molecule has 0 atom stereocenters. The third kappa shape index (κ3) is 5.83. The molecule has 0 aromatic carbocycles. The van der Waals surface area contributed by atoms with E-state index in [4.69, 9.17) is 24.1 Å². The Kier molecular flexibility index (Phi) is 8.43. The van der Waals surface area contributed by atoms with Crippen molar-refractivity contribution in [3.8, 4) is 22.6 Å². The maximum Gasteiger partial charge on any atom is 0.514 e. The van der Waals surface area contributed by atoms with Crippen LogP contribution in [0.2, 0.25) is 0 Å². The second-order valence-electron chi connectivity index (χ2n) is 6.32. The standard InChI is InChI=1S/C20H24N2O7S/c1-11(2)27-20(25)29-17-13(4)22-12(3)16(28-19(24)26-10-9-23)15(17)14-7-6-8-21-18(14)30-5/h6-8,11,23H,9-10H2,1-5H3. The maximum absolute atomic E-state index is 12.2. The van der Waals surface area contributed by atoms with E-state index >= 15 is 0 Å². The summed E-state index contributed by atoms with van der Waals surface area (Å²) in [6, 6.07) is 3.48. The molecule has 10 heteroatoms. The lowest BCUT2D eigenvalue weighted by atomic mass is 10.0. The molecule has 2 heterocycles. The topological polar surface area (TPSA) is 117 Å². The molecule has 2 aromatic rings. The van der Waals surface area contributed by atoms with Crippen LogP contribution in [0.25, 0.3) is 11.1 Å². The molecule has 0 saturated heterocycles. The average Bonchev–Trinajstić information content (AvgIpc) is 2.69. The van der Waals surface area contributed by atoms with Crippen LogP contribution in [0.4, 0.5) is 9.59 Å². The largest absolute Gasteiger partial charge is 0.514 e. The van der Waals surface area contributed by atoms with Crippen LogP contribution in [0, 0.1) is 13.8 Å². The predicted octanol–water partition coefficient (Wildman–Crippen LogP) is 3.91. The molecule has 0 radical (unpaired) electrons. The highest BCUT2D eigenvalue weighted by Gasteiger charge is 2.27. The molecule has 0 fully saturated rings. The van der Waals surface area contributed by atoms with E-state index in [1.807, 2.05) is 6.26 Å². The first-order chi connectivity index (χ1) is 14.3. The Morgan fingerprint density at radius 1 is 1.13 bits per heavy atom. The van der Waals surface area contributed by atoms with Crippen molar-refractivity contribution < 1.29 is 33.6 Å². The molecule has 162 valence electrons. The van der Waals surface area contributed by atoms with Gasteiger partial charge in [0.2, 0.25) is 0 Å². The Balaban J connectivity index is 2.67. The highest BCUT2D eigenvalue weighted by molar-refractivity contribution is 7.98. The highest BCUT2D eigenvalue weighted by atomic mass is 32.2. The number of aliphatic hydroxyl groups is 1. The van der Waals surface area contributed by atoms with Crippen LogP contribution in [-0.4, -0.2) is 53.0 Å². The van der Waals surface area contributed by atoms with E-state index in [0.717, 1.165) is 0 Å². The van der Waals surface area contributed by atoms with Crippen molar-refractivity contribution in [1.29, 1.82) is 0 Å². The van der Waals surface area contributed by atoms with Gasteiger partial charge in [0.1, 0.15) is 11.6 Å². The Morgan fingerprint density at radius 3 is 2.33 bits per heavy atom. The maximum atomic E-state index is 12.2. The second-order valence-corrected chi connectivity index (χ2v) is 7.11. The molecule has 0 spiro atoms. The lowest BCUT2D eigenvalue weighted by molar-refractivity contribution is 0.0725. The van der Waals surface area contributed by atoms with E-state index in [2.05, 4.69) is 9.97 Å². The summed E-state index contributed by atoms with van der Waals surface area (Å²) in [7, 11) is 0. The molecule has 0 unspecified atom stereocenters. The quantitative estimate of drug-likeness (QED) is 0.505. The van der Waals surface area contributed by atoms with E-state index in [1.165, 1.54) is 11.8 Å². The zero-order valence-electron chi connectivity index (χ0n) is 17.4. The summed E-state index contributed by atoms with van der Waals surface area (Å²) in [5, 5.41) is 9.48. The summed E-state index contributed by atoms with van der Waals surface area (Å²) < 4.78 is 20.8. The van der Waals surface area contributed by atoms with Crippen LogP contribution in [0.3, 0.4) is 0 Å². The minimum atomic E-state index is -1.02. The summed E-state index contributed by atoms with van der Waals surface area (Å²) in [5.74, 6) is 0.138. The predicted molar refractivity (Wildman–Crippen MR) is 110 cm³/mol. The van der Waals surface area contributed by atoms with Gasteiger partial charge in [-0.05, 0) is 46.1 Å². The fourth-order valence-corrected chi connectivity index (χ4v) is 3.15. The number of aliphatic hydroxyl groups excluding tert-OH is 1. The van der Waals surface area contributed by atoms with Gasteiger partial charge in [-0.1, -0.05) is 0 Å². The number of pyridine rings is 2. The molecule has 2 aromatic heterocycles. The van der Waals surface area contributed by atoms with Crippen LogP contribution >= 0.6 is 11.8 Å². The van der Waals surface area contributed by atoms with Crippen molar-refractivity contribution in [1.82, 2.24) is 9.97 Å². The summed E-state index contributed by atoms with van der Waals surface area (Å²) in [5.41, 5.74) is 1.68. The van der Waals surface area contributed by atoms with Gasteiger partial charge in [0.15, 0.2) is 11.5 Å². The van der Waals surface area contributed by atoms with Gasteiger partial charge in [-0.3, -0.25) is 4.98 Å². The van der Waals surface area contributed by atoms with Gasteiger partial charge in [-0.15, -0.1) is 11.8 Å². The van der Waals surface area contributed by atoms with Gasteiger partial charge < -0.3 is 24.1 Å². The van der Waals surface area contributed by atoms with Crippen LogP contribution in [-0.2, 0) is 9.47 Å². The molecule has 0 aliphatic carbocycles. The molecule has 9 nitrogen and oxygen atoms in total. The first-order valence-corrected chi connectivity index (χ1v) is 10.3. The number of rotatable bonds is 7. The molecule has 0 bridgehead atoms. The van der Waals surface area contributed by atoms with Crippen LogP contribution in [0.15, 0.2) is 23.4 Å². The molecule has 30 heavy (non-hydrogen) atoms. The molecule has 0 saturated carbocycles. The Labute approximate surface area is 178 Å². The Bertz CT molecular complexity index is 918. The number of ether oxygens (including phenoxy) is 4. The Hall–Kier alpha value is -2.85.